The van der Waals surface area contributed by atoms with Crippen molar-refractivity contribution in [2.75, 3.05) is 14.2 Å². The first-order chi connectivity index (χ1) is 8.65. The summed E-state index contributed by atoms with van der Waals surface area (Å²) < 4.78 is 10.3. The van der Waals surface area contributed by atoms with Crippen LogP contribution in [0.25, 0.3) is 0 Å². The Labute approximate surface area is 108 Å². The van der Waals surface area contributed by atoms with Crippen molar-refractivity contribution < 1.29 is 14.3 Å². The minimum absolute atomic E-state index is 0.126. The fraction of sp³-hybridized carbons (Fsp3) is 0.500. The average Bonchev–Trinajstić information content (AvgIpc) is 2.43. The van der Waals surface area contributed by atoms with Crippen molar-refractivity contribution in [1.29, 1.82) is 0 Å². The molecule has 0 fully saturated rings. The van der Waals surface area contributed by atoms with E-state index < -0.39 is 0 Å². The summed E-state index contributed by atoms with van der Waals surface area (Å²) in [6.45, 7) is 4.11. The van der Waals surface area contributed by atoms with Crippen LogP contribution in [0.3, 0.4) is 0 Å². The van der Waals surface area contributed by atoms with E-state index in [-0.39, 0.29) is 11.9 Å². The first kappa shape index (κ1) is 14.4. The second kappa shape index (κ2) is 6.89. The van der Waals surface area contributed by atoms with Gasteiger partial charge in [0.1, 0.15) is 11.5 Å². The molecule has 0 aliphatic heterocycles. The van der Waals surface area contributed by atoms with E-state index in [9.17, 15) is 4.79 Å². The van der Waals surface area contributed by atoms with Gasteiger partial charge < -0.3 is 14.8 Å². The summed E-state index contributed by atoms with van der Waals surface area (Å²) in [5.41, 5.74) is 0.503. The van der Waals surface area contributed by atoms with Crippen LogP contribution in [0.5, 0.6) is 11.5 Å². The van der Waals surface area contributed by atoms with Gasteiger partial charge in [-0.3, -0.25) is 4.79 Å². The fourth-order valence-corrected chi connectivity index (χ4v) is 1.75. The molecule has 1 N–H and O–H groups in total. The zero-order valence-corrected chi connectivity index (χ0v) is 11.4. The highest BCUT2D eigenvalue weighted by Crippen LogP contribution is 2.24. The monoisotopic (exact) mass is 251 g/mol. The molecule has 1 aromatic rings. The number of rotatable bonds is 6. The lowest BCUT2D eigenvalue weighted by atomic mass is 10.1. The molecule has 0 saturated carbocycles. The second-order valence-corrected chi connectivity index (χ2v) is 4.05. The molecule has 100 valence electrons. The van der Waals surface area contributed by atoms with Crippen molar-refractivity contribution in [2.45, 2.75) is 32.7 Å². The number of ether oxygens (including phenoxy) is 2. The number of nitrogens with one attached hydrogen (secondary N) is 1. The summed E-state index contributed by atoms with van der Waals surface area (Å²) in [6.07, 6.45) is 1.82. The van der Waals surface area contributed by atoms with Gasteiger partial charge in [-0.2, -0.15) is 0 Å². The molecule has 18 heavy (non-hydrogen) atoms. The SMILES string of the molecule is CCC(CC)NC(=O)c1cc(OC)ccc1OC. The second-order valence-electron chi connectivity index (χ2n) is 4.05. The van der Waals surface area contributed by atoms with Gasteiger partial charge in [-0.25, -0.2) is 0 Å². The van der Waals surface area contributed by atoms with E-state index in [0.717, 1.165) is 12.8 Å². The number of amides is 1. The number of carbonyl (C=O) groups is 1. The maximum atomic E-state index is 12.2. The molecule has 1 aromatic carbocycles. The topological polar surface area (TPSA) is 47.6 Å². The molecular weight excluding hydrogens is 230 g/mol. The average molecular weight is 251 g/mol. The molecule has 4 heteroatoms. The van der Waals surface area contributed by atoms with Gasteiger partial charge in [-0.15, -0.1) is 0 Å². The van der Waals surface area contributed by atoms with Crippen LogP contribution in [-0.4, -0.2) is 26.2 Å². The molecule has 1 amide bonds. The Morgan fingerprint density at radius 1 is 1.22 bits per heavy atom. The van der Waals surface area contributed by atoms with Crippen molar-refractivity contribution in [2.24, 2.45) is 0 Å². The van der Waals surface area contributed by atoms with Gasteiger partial charge in [0.25, 0.3) is 5.91 Å². The molecule has 1 rings (SSSR count). The summed E-state index contributed by atoms with van der Waals surface area (Å²) in [5, 5.41) is 2.98. The number of hydrogen-bond acceptors (Lipinski definition) is 3. The van der Waals surface area contributed by atoms with Crippen LogP contribution >= 0.6 is 0 Å². The Morgan fingerprint density at radius 2 is 1.89 bits per heavy atom. The van der Waals surface area contributed by atoms with Crippen LogP contribution in [0.15, 0.2) is 18.2 Å². The largest absolute Gasteiger partial charge is 0.497 e. The van der Waals surface area contributed by atoms with E-state index in [1.807, 2.05) is 0 Å². The smallest absolute Gasteiger partial charge is 0.255 e. The predicted molar refractivity (Wildman–Crippen MR) is 71.4 cm³/mol. The Bertz CT molecular complexity index is 400. The normalized spacial score (nSPS) is 10.3. The lowest BCUT2D eigenvalue weighted by Gasteiger charge is -2.16. The van der Waals surface area contributed by atoms with E-state index in [1.54, 1.807) is 32.4 Å². The van der Waals surface area contributed by atoms with Gasteiger partial charge >= 0.3 is 0 Å². The molecule has 0 heterocycles. The van der Waals surface area contributed by atoms with E-state index in [1.165, 1.54) is 0 Å². The fourth-order valence-electron chi connectivity index (χ4n) is 1.75. The first-order valence-corrected chi connectivity index (χ1v) is 6.19. The van der Waals surface area contributed by atoms with Crippen LogP contribution in [0, 0.1) is 0 Å². The van der Waals surface area contributed by atoms with Crippen LogP contribution in [0.2, 0.25) is 0 Å². The van der Waals surface area contributed by atoms with E-state index in [2.05, 4.69) is 19.2 Å². The summed E-state index contributed by atoms with van der Waals surface area (Å²) in [4.78, 5) is 12.2. The molecular formula is C14H21NO3. The van der Waals surface area contributed by atoms with Crippen molar-refractivity contribution in [1.82, 2.24) is 5.32 Å². The molecule has 0 saturated heterocycles. The van der Waals surface area contributed by atoms with E-state index in [4.69, 9.17) is 9.47 Å². The van der Waals surface area contributed by atoms with Gasteiger partial charge in [0.2, 0.25) is 0 Å². The molecule has 0 bridgehead atoms. The Balaban J connectivity index is 2.95. The van der Waals surface area contributed by atoms with Gasteiger partial charge in [0.15, 0.2) is 0 Å². The van der Waals surface area contributed by atoms with Gasteiger partial charge in [-0.1, -0.05) is 13.8 Å². The summed E-state index contributed by atoms with van der Waals surface area (Å²) >= 11 is 0. The van der Waals surface area contributed by atoms with Crippen molar-refractivity contribution in [3.05, 3.63) is 23.8 Å². The molecule has 0 atom stereocenters. The molecule has 0 spiro atoms. The van der Waals surface area contributed by atoms with Crippen LogP contribution in [-0.2, 0) is 0 Å². The minimum Gasteiger partial charge on any atom is -0.497 e. The Morgan fingerprint density at radius 3 is 2.39 bits per heavy atom. The highest BCUT2D eigenvalue weighted by atomic mass is 16.5. The van der Waals surface area contributed by atoms with Crippen molar-refractivity contribution in [3.8, 4) is 11.5 Å². The molecule has 0 aliphatic rings. The summed E-state index contributed by atoms with van der Waals surface area (Å²) in [6, 6.07) is 5.39. The van der Waals surface area contributed by atoms with Gasteiger partial charge in [0.05, 0.1) is 19.8 Å². The highest BCUT2D eigenvalue weighted by Gasteiger charge is 2.16. The molecule has 0 radical (unpaired) electrons. The Kier molecular flexibility index (Phi) is 5.49. The van der Waals surface area contributed by atoms with E-state index >= 15 is 0 Å². The summed E-state index contributed by atoms with van der Waals surface area (Å²) in [7, 11) is 3.13. The number of methoxy groups -OCH3 is 2. The number of benzene rings is 1. The maximum absolute atomic E-state index is 12.2. The molecule has 4 nitrogen and oxygen atoms in total. The quantitative estimate of drug-likeness (QED) is 0.845. The lowest BCUT2D eigenvalue weighted by Crippen LogP contribution is -2.34. The maximum Gasteiger partial charge on any atom is 0.255 e. The van der Waals surface area contributed by atoms with Gasteiger partial charge in [0, 0.05) is 6.04 Å². The molecule has 0 aromatic heterocycles. The standard InChI is InChI=1S/C14H21NO3/c1-5-10(6-2)15-14(16)12-9-11(17-3)7-8-13(12)18-4/h7-10H,5-6H2,1-4H3,(H,15,16). The van der Waals surface area contributed by atoms with Crippen molar-refractivity contribution >= 4 is 5.91 Å². The van der Waals surface area contributed by atoms with Crippen LogP contribution in [0.4, 0.5) is 0 Å². The third-order valence-electron chi connectivity index (χ3n) is 2.97. The highest BCUT2D eigenvalue weighted by molar-refractivity contribution is 5.97. The number of carbonyl (C=O) groups excluding carboxylic acids is 1. The lowest BCUT2D eigenvalue weighted by molar-refractivity contribution is 0.0931. The Hall–Kier alpha value is -1.71. The van der Waals surface area contributed by atoms with Crippen molar-refractivity contribution in [3.63, 3.8) is 0 Å². The third-order valence-corrected chi connectivity index (χ3v) is 2.97. The predicted octanol–water partition coefficient (Wildman–Crippen LogP) is 2.62. The third kappa shape index (κ3) is 3.39. The molecule has 0 unspecified atom stereocenters. The summed E-state index contributed by atoms with van der Waals surface area (Å²) in [5.74, 6) is 1.07. The van der Waals surface area contributed by atoms with Crippen LogP contribution in [0.1, 0.15) is 37.0 Å². The van der Waals surface area contributed by atoms with E-state index in [0.29, 0.717) is 17.1 Å². The van der Waals surface area contributed by atoms with Gasteiger partial charge in [-0.05, 0) is 31.0 Å². The molecule has 0 aliphatic carbocycles. The number of hydrogen-bond donors (Lipinski definition) is 1. The zero-order chi connectivity index (χ0) is 13.5. The minimum atomic E-state index is -0.126. The first-order valence-electron chi connectivity index (χ1n) is 6.19. The zero-order valence-electron chi connectivity index (χ0n) is 11.4. The van der Waals surface area contributed by atoms with Crippen LogP contribution < -0.4 is 14.8 Å².